The zero-order valence-corrected chi connectivity index (χ0v) is 14.7. The third kappa shape index (κ3) is 3.57. The third-order valence-electron chi connectivity index (χ3n) is 4.48. The van der Waals surface area contributed by atoms with Crippen molar-refractivity contribution in [2.45, 2.75) is 33.9 Å². The minimum atomic E-state index is 0.908. The Kier molecular flexibility index (Phi) is 5.11. The lowest BCUT2D eigenvalue weighted by molar-refractivity contribution is 0.262. The molecule has 0 aliphatic rings. The Morgan fingerprint density at radius 2 is 1.88 bits per heavy atom. The molecule has 0 saturated carbocycles. The lowest BCUT2D eigenvalue weighted by atomic mass is 10.2. The van der Waals surface area contributed by atoms with Gasteiger partial charge in [-0.2, -0.15) is 10.2 Å². The van der Waals surface area contributed by atoms with Crippen molar-refractivity contribution in [1.82, 2.24) is 24.5 Å². The van der Waals surface area contributed by atoms with E-state index < -0.39 is 0 Å². The number of benzene rings is 1. The second-order valence-electron chi connectivity index (χ2n) is 6.03. The molecule has 5 nitrogen and oxygen atoms in total. The maximum Gasteiger partial charge on any atom is 0.0648 e. The SMILES string of the molecule is CCN(CCn1cccn1)Cc1c(C)nn(-c2ccccc2)c1C. The van der Waals surface area contributed by atoms with Gasteiger partial charge in [0.2, 0.25) is 0 Å². The molecule has 0 fully saturated rings. The van der Waals surface area contributed by atoms with Crippen LogP contribution >= 0.6 is 0 Å². The molecule has 2 heterocycles. The Balaban J connectivity index is 1.75. The van der Waals surface area contributed by atoms with E-state index in [0.29, 0.717) is 0 Å². The van der Waals surface area contributed by atoms with Crippen LogP contribution < -0.4 is 0 Å². The van der Waals surface area contributed by atoms with Gasteiger partial charge in [0.25, 0.3) is 0 Å². The third-order valence-corrected chi connectivity index (χ3v) is 4.48. The van der Waals surface area contributed by atoms with Gasteiger partial charge in [-0.3, -0.25) is 9.58 Å². The molecule has 3 aromatic rings. The molecule has 24 heavy (non-hydrogen) atoms. The van der Waals surface area contributed by atoms with Crippen LogP contribution in [-0.4, -0.2) is 37.6 Å². The average molecular weight is 323 g/mol. The van der Waals surface area contributed by atoms with Gasteiger partial charge in [-0.15, -0.1) is 0 Å². The highest BCUT2D eigenvalue weighted by Gasteiger charge is 2.15. The van der Waals surface area contributed by atoms with Gasteiger partial charge < -0.3 is 0 Å². The Morgan fingerprint density at radius 1 is 1.08 bits per heavy atom. The lowest BCUT2D eigenvalue weighted by Crippen LogP contribution is -2.27. The van der Waals surface area contributed by atoms with E-state index in [0.717, 1.165) is 37.6 Å². The second-order valence-corrected chi connectivity index (χ2v) is 6.03. The largest absolute Gasteiger partial charge is 0.297 e. The predicted molar refractivity (Wildman–Crippen MR) is 96.2 cm³/mol. The van der Waals surface area contributed by atoms with Crippen molar-refractivity contribution in [3.8, 4) is 5.69 Å². The molecule has 0 saturated heterocycles. The number of para-hydroxylation sites is 1. The maximum atomic E-state index is 4.75. The molecule has 0 N–H and O–H groups in total. The van der Waals surface area contributed by atoms with Gasteiger partial charge >= 0.3 is 0 Å². The number of rotatable bonds is 7. The molecule has 0 amide bonds. The fourth-order valence-electron chi connectivity index (χ4n) is 2.97. The summed E-state index contributed by atoms with van der Waals surface area (Å²) < 4.78 is 4.03. The van der Waals surface area contributed by atoms with E-state index in [1.165, 1.54) is 11.3 Å². The van der Waals surface area contributed by atoms with Crippen LogP contribution in [0.2, 0.25) is 0 Å². The van der Waals surface area contributed by atoms with Crippen LogP contribution in [0.4, 0.5) is 0 Å². The summed E-state index contributed by atoms with van der Waals surface area (Å²) in [5.74, 6) is 0. The normalized spacial score (nSPS) is 11.3. The highest BCUT2D eigenvalue weighted by molar-refractivity contribution is 5.36. The van der Waals surface area contributed by atoms with Crippen molar-refractivity contribution < 1.29 is 0 Å². The highest BCUT2D eigenvalue weighted by atomic mass is 15.3. The van der Waals surface area contributed by atoms with E-state index in [4.69, 9.17) is 5.10 Å². The highest BCUT2D eigenvalue weighted by Crippen LogP contribution is 2.19. The fourth-order valence-corrected chi connectivity index (χ4v) is 2.97. The van der Waals surface area contributed by atoms with E-state index in [-0.39, 0.29) is 0 Å². The molecule has 0 aliphatic carbocycles. The Bertz CT molecular complexity index is 759. The standard InChI is InChI=1S/C19H25N5/c1-4-22(13-14-23-12-8-11-20-23)15-19-16(2)21-24(17(19)3)18-9-6-5-7-10-18/h5-12H,4,13-15H2,1-3H3. The van der Waals surface area contributed by atoms with Crippen LogP contribution in [0.5, 0.6) is 0 Å². The summed E-state index contributed by atoms with van der Waals surface area (Å²) >= 11 is 0. The molecule has 1 aromatic carbocycles. The van der Waals surface area contributed by atoms with Crippen molar-refractivity contribution in [1.29, 1.82) is 0 Å². The zero-order chi connectivity index (χ0) is 16.9. The molecule has 0 radical (unpaired) electrons. The summed E-state index contributed by atoms with van der Waals surface area (Å²) in [5.41, 5.74) is 4.76. The van der Waals surface area contributed by atoms with E-state index in [1.807, 2.05) is 46.0 Å². The Morgan fingerprint density at radius 3 is 2.54 bits per heavy atom. The number of nitrogens with zero attached hydrogens (tertiary/aromatic N) is 5. The van der Waals surface area contributed by atoms with E-state index in [1.54, 1.807) is 0 Å². The number of aryl methyl sites for hydroxylation is 1. The molecule has 0 bridgehead atoms. The summed E-state index contributed by atoms with van der Waals surface area (Å²) in [6.07, 6.45) is 3.84. The number of likely N-dealkylation sites (N-methyl/N-ethyl adjacent to an activating group) is 1. The molecule has 0 atom stereocenters. The molecule has 0 aliphatic heterocycles. The molecule has 2 aromatic heterocycles. The van der Waals surface area contributed by atoms with E-state index in [2.05, 4.69) is 42.9 Å². The molecular formula is C19H25N5. The van der Waals surface area contributed by atoms with Crippen LogP contribution in [0.3, 0.4) is 0 Å². The first-order chi connectivity index (χ1) is 11.7. The zero-order valence-electron chi connectivity index (χ0n) is 14.7. The van der Waals surface area contributed by atoms with Crippen LogP contribution in [0.25, 0.3) is 5.69 Å². The van der Waals surface area contributed by atoms with E-state index in [9.17, 15) is 0 Å². The van der Waals surface area contributed by atoms with Crippen molar-refractivity contribution in [2.75, 3.05) is 13.1 Å². The lowest BCUT2D eigenvalue weighted by Gasteiger charge is -2.20. The molecule has 3 rings (SSSR count). The second kappa shape index (κ2) is 7.45. The Hall–Kier alpha value is -2.40. The van der Waals surface area contributed by atoms with Crippen LogP contribution in [0, 0.1) is 13.8 Å². The van der Waals surface area contributed by atoms with Gasteiger partial charge in [0.15, 0.2) is 0 Å². The van der Waals surface area contributed by atoms with Crippen molar-refractivity contribution >= 4 is 0 Å². The van der Waals surface area contributed by atoms with Gasteiger partial charge in [0, 0.05) is 36.7 Å². The minimum absolute atomic E-state index is 0.908. The van der Waals surface area contributed by atoms with Crippen molar-refractivity contribution in [3.63, 3.8) is 0 Å². The van der Waals surface area contributed by atoms with E-state index >= 15 is 0 Å². The molecular weight excluding hydrogens is 298 g/mol. The molecule has 0 spiro atoms. The summed E-state index contributed by atoms with van der Waals surface area (Å²) in [5, 5.41) is 9.03. The maximum absolute atomic E-state index is 4.75. The predicted octanol–water partition coefficient (Wildman–Crippen LogP) is 3.21. The quantitative estimate of drug-likeness (QED) is 0.670. The van der Waals surface area contributed by atoms with Gasteiger partial charge in [-0.05, 0) is 38.6 Å². The van der Waals surface area contributed by atoms with Gasteiger partial charge in [0.05, 0.1) is 17.9 Å². The average Bonchev–Trinajstić information content (AvgIpc) is 3.22. The van der Waals surface area contributed by atoms with Gasteiger partial charge in [-0.1, -0.05) is 25.1 Å². The summed E-state index contributed by atoms with van der Waals surface area (Å²) in [7, 11) is 0. The molecule has 5 heteroatoms. The fraction of sp³-hybridized carbons (Fsp3) is 0.368. The smallest absolute Gasteiger partial charge is 0.0648 e. The number of hydrogen-bond donors (Lipinski definition) is 0. The first kappa shape index (κ1) is 16.5. The molecule has 0 unspecified atom stereocenters. The Labute approximate surface area is 143 Å². The van der Waals surface area contributed by atoms with Crippen molar-refractivity contribution in [3.05, 3.63) is 65.7 Å². The monoisotopic (exact) mass is 323 g/mol. The van der Waals surface area contributed by atoms with Gasteiger partial charge in [0.1, 0.15) is 0 Å². The first-order valence-electron chi connectivity index (χ1n) is 8.49. The van der Waals surface area contributed by atoms with Crippen LogP contribution in [0.15, 0.2) is 48.8 Å². The summed E-state index contributed by atoms with van der Waals surface area (Å²) in [6.45, 7) is 10.3. The van der Waals surface area contributed by atoms with Crippen molar-refractivity contribution in [2.24, 2.45) is 0 Å². The minimum Gasteiger partial charge on any atom is -0.297 e. The topological polar surface area (TPSA) is 38.9 Å². The van der Waals surface area contributed by atoms with Gasteiger partial charge in [-0.25, -0.2) is 4.68 Å². The van der Waals surface area contributed by atoms with Crippen LogP contribution in [0.1, 0.15) is 23.9 Å². The first-order valence-corrected chi connectivity index (χ1v) is 8.49. The molecule has 126 valence electrons. The number of hydrogen-bond acceptors (Lipinski definition) is 3. The van der Waals surface area contributed by atoms with Crippen LogP contribution in [-0.2, 0) is 13.1 Å². The summed E-state index contributed by atoms with van der Waals surface area (Å²) in [6, 6.07) is 12.3. The number of aromatic nitrogens is 4. The summed E-state index contributed by atoms with van der Waals surface area (Å²) in [4.78, 5) is 2.44.